The van der Waals surface area contributed by atoms with Crippen molar-refractivity contribution in [1.82, 2.24) is 0 Å². The van der Waals surface area contributed by atoms with Gasteiger partial charge >= 0.3 is 0 Å². The third-order valence-electron chi connectivity index (χ3n) is 15.8. The minimum Gasteiger partial charge on any atom is -0.311 e. The summed E-state index contributed by atoms with van der Waals surface area (Å²) < 4.78 is 0. The van der Waals surface area contributed by atoms with Crippen molar-refractivity contribution >= 4 is 34.1 Å². The average molecular weight is 913 g/mol. The van der Waals surface area contributed by atoms with Gasteiger partial charge in [0.2, 0.25) is 0 Å². The van der Waals surface area contributed by atoms with Gasteiger partial charge < -0.3 is 9.80 Å². The Morgan fingerprint density at radius 2 is 0.507 bits per heavy atom. The lowest BCUT2D eigenvalue weighted by atomic mass is 9.67. The maximum absolute atomic E-state index is 2.64. The Balaban J connectivity index is 0.952. The van der Waals surface area contributed by atoms with Crippen LogP contribution in [0.1, 0.15) is 55.1 Å². The van der Waals surface area contributed by atoms with Gasteiger partial charge in [0.15, 0.2) is 0 Å². The highest BCUT2D eigenvalue weighted by molar-refractivity contribution is 5.91. The average Bonchev–Trinajstić information content (AvgIpc) is 3.61. The number of hydrogen-bond donors (Lipinski definition) is 0. The van der Waals surface area contributed by atoms with Crippen molar-refractivity contribution in [2.75, 3.05) is 9.80 Å². The van der Waals surface area contributed by atoms with Gasteiger partial charge in [-0.15, -0.1) is 0 Å². The lowest BCUT2D eigenvalue weighted by Crippen LogP contribution is -2.25. The molecule has 0 aliphatic heterocycles. The van der Waals surface area contributed by atoms with Crippen molar-refractivity contribution in [2.24, 2.45) is 11.8 Å². The third kappa shape index (κ3) is 8.44. The normalized spacial score (nSPS) is 17.6. The number of hydrogen-bond acceptors (Lipinski definition) is 2. The van der Waals surface area contributed by atoms with E-state index in [0.717, 1.165) is 40.3 Å². The van der Waals surface area contributed by atoms with E-state index >= 15 is 0 Å². The summed E-state index contributed by atoms with van der Waals surface area (Å²) in [5.74, 6) is 2.88. The molecule has 2 unspecified atom stereocenters. The van der Waals surface area contributed by atoms with Crippen LogP contribution in [0.4, 0.5) is 34.1 Å². The predicted octanol–water partition coefficient (Wildman–Crippen LogP) is 19.4. The summed E-state index contributed by atoms with van der Waals surface area (Å²) in [4.78, 5) is 4.94. The van der Waals surface area contributed by atoms with E-state index in [-0.39, 0.29) is 0 Å². The fraction of sp³-hybridized carbons (Fsp3) is 0.130. The standard InChI is InChI=1S/C69H56N2/c1-5-13-50(14-6-1)54-21-31-61(32-22-54)70(62-33-23-55(24-34-62)51-15-7-2-8-16-51)63-39-29-58(30-40-63)68-46-66-59-42-48-41-49(43-59)45-60(44-48)67(66)47-69(68)71(64-35-25-56(26-36-64)52-17-9-3-10-18-52)65-37-27-57(28-38-65)53-19-11-4-12-20-53/h1-40,46-49,59-60H,41-45H2. The van der Waals surface area contributed by atoms with Crippen LogP contribution in [0.15, 0.2) is 255 Å². The van der Waals surface area contributed by atoms with Crippen LogP contribution in [0.5, 0.6) is 0 Å². The first-order valence-corrected chi connectivity index (χ1v) is 25.7. The van der Waals surface area contributed by atoms with Crippen LogP contribution in [0.3, 0.4) is 0 Å². The van der Waals surface area contributed by atoms with Gasteiger partial charge in [0, 0.05) is 34.0 Å². The summed E-state index contributed by atoms with van der Waals surface area (Å²) in [5.41, 5.74) is 22.3. The van der Waals surface area contributed by atoms with Gasteiger partial charge in [0.05, 0.1) is 5.69 Å². The summed E-state index contributed by atoms with van der Waals surface area (Å²) in [5, 5.41) is 0. The van der Waals surface area contributed by atoms with Crippen LogP contribution in [0, 0.1) is 11.8 Å². The van der Waals surface area contributed by atoms with Crippen LogP contribution in [0.2, 0.25) is 0 Å². The van der Waals surface area contributed by atoms with Crippen LogP contribution >= 0.6 is 0 Å². The molecule has 71 heavy (non-hydrogen) atoms. The quantitative estimate of drug-likeness (QED) is 0.128. The molecular weight excluding hydrogens is 857 g/mol. The second-order valence-electron chi connectivity index (χ2n) is 20.2. The molecule has 2 heteroatoms. The monoisotopic (exact) mass is 912 g/mol. The van der Waals surface area contributed by atoms with E-state index in [0.29, 0.717) is 11.8 Å². The fourth-order valence-corrected chi connectivity index (χ4v) is 12.5. The zero-order chi connectivity index (χ0) is 47.1. The van der Waals surface area contributed by atoms with Gasteiger partial charge in [-0.05, 0) is 190 Å². The highest BCUT2D eigenvalue weighted by Gasteiger charge is 2.43. The van der Waals surface area contributed by atoms with Crippen molar-refractivity contribution in [3.05, 3.63) is 266 Å². The second-order valence-corrected chi connectivity index (χ2v) is 20.2. The third-order valence-corrected chi connectivity index (χ3v) is 15.8. The number of anilines is 6. The number of rotatable bonds is 11. The SMILES string of the molecule is c1ccc(-c2ccc(N(c3ccc(-c4ccccc4)cc3)c3ccc(-c4cc5c(cc4N(c4ccc(-c6ccccc6)cc4)c4ccc(-c6ccccc6)cc4)C4CC6CC(CC5C6)C4)cc3)cc2)cc1. The molecule has 10 aromatic carbocycles. The second kappa shape index (κ2) is 18.6. The zero-order valence-corrected chi connectivity index (χ0v) is 40.0. The van der Waals surface area contributed by atoms with E-state index in [1.54, 1.807) is 11.1 Å². The summed E-state index contributed by atoms with van der Waals surface area (Å²) in [6, 6.07) is 94.0. The molecule has 0 N–H and O–H groups in total. The van der Waals surface area contributed by atoms with Gasteiger partial charge in [-0.1, -0.05) is 182 Å². The van der Waals surface area contributed by atoms with Crippen molar-refractivity contribution in [1.29, 1.82) is 0 Å². The molecule has 2 nitrogen and oxygen atoms in total. The molecule has 2 saturated carbocycles. The molecule has 4 aliphatic rings. The van der Waals surface area contributed by atoms with E-state index < -0.39 is 0 Å². The molecule has 0 spiro atoms. The van der Waals surface area contributed by atoms with E-state index in [9.17, 15) is 0 Å². The molecule has 0 radical (unpaired) electrons. The van der Waals surface area contributed by atoms with Crippen LogP contribution in [0.25, 0.3) is 55.6 Å². The van der Waals surface area contributed by atoms with E-state index in [1.165, 1.54) is 93.4 Å². The van der Waals surface area contributed by atoms with Gasteiger partial charge in [0.1, 0.15) is 0 Å². The van der Waals surface area contributed by atoms with Crippen LogP contribution < -0.4 is 9.80 Å². The highest BCUT2D eigenvalue weighted by atomic mass is 15.1. The van der Waals surface area contributed by atoms with Crippen molar-refractivity contribution < 1.29 is 0 Å². The van der Waals surface area contributed by atoms with Crippen molar-refractivity contribution in [3.63, 3.8) is 0 Å². The molecule has 10 aromatic rings. The Bertz CT molecular complexity index is 3220. The summed E-state index contributed by atoms with van der Waals surface area (Å²) in [6.07, 6.45) is 6.70. The Morgan fingerprint density at radius 1 is 0.239 bits per heavy atom. The Kier molecular flexibility index (Phi) is 11.2. The molecule has 2 atom stereocenters. The Labute approximate surface area is 419 Å². The van der Waals surface area contributed by atoms with Crippen LogP contribution in [-0.4, -0.2) is 0 Å². The van der Waals surface area contributed by atoms with Gasteiger partial charge in [0.25, 0.3) is 0 Å². The first-order valence-electron chi connectivity index (χ1n) is 25.7. The number of benzene rings is 10. The molecule has 342 valence electrons. The van der Waals surface area contributed by atoms with Gasteiger partial charge in [-0.3, -0.25) is 0 Å². The first-order chi connectivity index (χ1) is 35.1. The molecule has 4 bridgehead atoms. The first kappa shape index (κ1) is 42.9. The molecule has 0 aromatic heterocycles. The van der Waals surface area contributed by atoms with E-state index in [4.69, 9.17) is 0 Å². The smallest absolute Gasteiger partial charge is 0.0543 e. The summed E-state index contributed by atoms with van der Waals surface area (Å²) >= 11 is 0. The van der Waals surface area contributed by atoms with Crippen LogP contribution in [-0.2, 0) is 0 Å². The summed E-state index contributed by atoms with van der Waals surface area (Å²) in [6.45, 7) is 0. The summed E-state index contributed by atoms with van der Waals surface area (Å²) in [7, 11) is 0. The fourth-order valence-electron chi connectivity index (χ4n) is 12.5. The van der Waals surface area contributed by atoms with Crippen molar-refractivity contribution in [3.8, 4) is 55.6 Å². The maximum Gasteiger partial charge on any atom is 0.0543 e. The van der Waals surface area contributed by atoms with E-state index in [2.05, 4.69) is 265 Å². The van der Waals surface area contributed by atoms with Crippen molar-refractivity contribution in [2.45, 2.75) is 43.9 Å². The lowest BCUT2D eigenvalue weighted by Gasteiger charge is -2.38. The molecule has 0 saturated heterocycles. The Morgan fingerprint density at radius 3 is 0.831 bits per heavy atom. The minimum atomic E-state index is 0.606. The van der Waals surface area contributed by atoms with Gasteiger partial charge in [-0.2, -0.15) is 0 Å². The Hall–Kier alpha value is -8.20. The zero-order valence-electron chi connectivity index (χ0n) is 40.0. The molecule has 2 fully saturated rings. The lowest BCUT2D eigenvalue weighted by molar-refractivity contribution is 0.166. The van der Waals surface area contributed by atoms with E-state index in [1.807, 2.05) is 0 Å². The molecule has 14 rings (SSSR count). The minimum absolute atomic E-state index is 0.606. The number of nitrogens with zero attached hydrogens (tertiary/aromatic N) is 2. The largest absolute Gasteiger partial charge is 0.311 e. The predicted molar refractivity (Wildman–Crippen MR) is 299 cm³/mol. The molecule has 0 amide bonds. The molecule has 0 heterocycles. The molecular formula is C69H56N2. The highest BCUT2D eigenvalue weighted by Crippen LogP contribution is 2.58. The molecule has 4 aliphatic carbocycles. The van der Waals surface area contributed by atoms with Gasteiger partial charge in [-0.25, -0.2) is 0 Å². The maximum atomic E-state index is 2.64. The topological polar surface area (TPSA) is 6.48 Å².